The minimum absolute atomic E-state index is 0.239. The number of carbonyl (C=O) groups is 3. The lowest BCUT2D eigenvalue weighted by Gasteiger charge is -2.37. The maximum absolute atomic E-state index is 13.0. The van der Waals surface area contributed by atoms with E-state index in [-0.39, 0.29) is 17.9 Å². The van der Waals surface area contributed by atoms with Gasteiger partial charge < -0.3 is 25.3 Å². The molecule has 43 heavy (non-hydrogen) atoms. The van der Waals surface area contributed by atoms with Crippen LogP contribution in [0.1, 0.15) is 41.9 Å². The number of aromatic nitrogens is 1. The zero-order valence-electron chi connectivity index (χ0n) is 26.2. The molecule has 0 aliphatic carbocycles. The number of pyridine rings is 1. The van der Waals surface area contributed by atoms with E-state index >= 15 is 0 Å². The van der Waals surface area contributed by atoms with Gasteiger partial charge in [0.25, 0.3) is 5.91 Å². The van der Waals surface area contributed by atoms with Gasteiger partial charge >= 0.3 is 0 Å². The van der Waals surface area contributed by atoms with Crippen LogP contribution in [-0.4, -0.2) is 85.1 Å². The van der Waals surface area contributed by atoms with E-state index in [0.29, 0.717) is 48.1 Å². The molecular weight excluding hydrogens is 564 g/mol. The molecule has 0 radical (unpaired) electrons. The van der Waals surface area contributed by atoms with Crippen molar-refractivity contribution in [1.82, 2.24) is 25.5 Å². The Morgan fingerprint density at radius 1 is 1.14 bits per heavy atom. The molecule has 4 rings (SSSR count). The van der Waals surface area contributed by atoms with Crippen molar-refractivity contribution in [2.24, 2.45) is 11.0 Å². The number of aryl methyl sites for hydroxylation is 1. The molecule has 2 atom stereocenters. The number of piperidine rings is 1. The van der Waals surface area contributed by atoms with Gasteiger partial charge in [0, 0.05) is 54.3 Å². The molecule has 0 spiro atoms. The molecule has 0 saturated carbocycles. The lowest BCUT2D eigenvalue weighted by molar-refractivity contribution is -0.119. The van der Waals surface area contributed by atoms with Gasteiger partial charge in [-0.15, -0.1) is 0 Å². The summed E-state index contributed by atoms with van der Waals surface area (Å²) in [6, 6.07) is 16.7. The van der Waals surface area contributed by atoms with Crippen LogP contribution in [0.15, 0.2) is 59.7 Å². The number of hydrogen-bond acceptors (Lipinski definition) is 9. The van der Waals surface area contributed by atoms with Gasteiger partial charge in [-0.2, -0.15) is 5.10 Å². The largest absolute Gasteiger partial charge is 0.489 e. The van der Waals surface area contributed by atoms with Gasteiger partial charge in [0.2, 0.25) is 6.41 Å². The van der Waals surface area contributed by atoms with E-state index in [1.807, 2.05) is 77.1 Å². The van der Waals surface area contributed by atoms with Crippen LogP contribution in [-0.2, 0) is 16.2 Å². The average molecular weight is 609 g/mol. The molecule has 0 bridgehead atoms. The van der Waals surface area contributed by atoms with Crippen LogP contribution < -0.4 is 15.5 Å². The summed E-state index contributed by atoms with van der Waals surface area (Å²) in [4.78, 5) is 43.7. The molecule has 1 aliphatic rings. The van der Waals surface area contributed by atoms with Crippen LogP contribution in [0.3, 0.4) is 0 Å². The number of likely N-dealkylation sites (tertiary alicyclic amines) is 1. The maximum Gasteiger partial charge on any atom is 0.251 e. The Hall–Kier alpha value is -3.96. The van der Waals surface area contributed by atoms with Gasteiger partial charge in [-0.05, 0) is 82.6 Å². The summed E-state index contributed by atoms with van der Waals surface area (Å²) in [7, 11) is 7.64. The summed E-state index contributed by atoms with van der Waals surface area (Å²) in [5.41, 5.74) is 6.79. The van der Waals surface area contributed by atoms with Crippen molar-refractivity contribution in [2.45, 2.75) is 39.8 Å². The van der Waals surface area contributed by atoms with Crippen LogP contribution in [0.4, 0.5) is 0 Å². The second kappa shape index (κ2) is 18.6. The number of rotatable bonds is 9. The first-order chi connectivity index (χ1) is 20.7. The molecule has 2 unspecified atom stereocenters. The van der Waals surface area contributed by atoms with Gasteiger partial charge in [0.1, 0.15) is 17.4 Å². The number of benzene rings is 2. The summed E-state index contributed by atoms with van der Waals surface area (Å²) in [6.45, 7) is 7.22. The lowest BCUT2D eigenvalue weighted by atomic mass is 9.92. The first-order valence-electron chi connectivity index (χ1n) is 14.3. The Kier molecular flexibility index (Phi) is 15.2. The van der Waals surface area contributed by atoms with Crippen molar-refractivity contribution in [3.05, 3.63) is 71.4 Å². The molecule has 2 amide bonds. The van der Waals surface area contributed by atoms with E-state index in [9.17, 15) is 14.4 Å². The third-order valence-electron chi connectivity index (χ3n) is 6.26. The van der Waals surface area contributed by atoms with E-state index in [4.69, 9.17) is 4.74 Å². The van der Waals surface area contributed by atoms with E-state index in [0.717, 1.165) is 40.3 Å². The number of carbonyl (C=O) groups excluding carboxylic acids is 3. The van der Waals surface area contributed by atoms with Crippen molar-refractivity contribution in [2.75, 3.05) is 41.3 Å². The minimum atomic E-state index is -0.299. The predicted molar refractivity (Wildman–Crippen MR) is 176 cm³/mol. The van der Waals surface area contributed by atoms with E-state index in [2.05, 4.69) is 20.8 Å². The molecule has 1 fully saturated rings. The second-order valence-corrected chi connectivity index (χ2v) is 10.9. The molecule has 1 aliphatic heterocycles. The lowest BCUT2D eigenvalue weighted by Crippen LogP contribution is -2.53. The summed E-state index contributed by atoms with van der Waals surface area (Å²) < 4.78 is 6.01. The number of para-hydroxylation sites is 1. The SMILES string of the molecule is CC.CN(C)C.CN/N=C(\SC=O)C1CN(C=O)CCC1NC(=O)c1ccc(OCc2cc(C)nc3ccccc23)cc1. The van der Waals surface area contributed by atoms with E-state index in [1.54, 1.807) is 36.2 Å². The highest BCUT2D eigenvalue weighted by atomic mass is 32.2. The zero-order chi connectivity index (χ0) is 31.8. The fourth-order valence-corrected chi connectivity index (χ4v) is 5.14. The first kappa shape index (κ1) is 35.2. The molecule has 3 aromatic rings. The van der Waals surface area contributed by atoms with E-state index in [1.165, 1.54) is 0 Å². The maximum atomic E-state index is 13.0. The van der Waals surface area contributed by atoms with E-state index < -0.39 is 0 Å². The van der Waals surface area contributed by atoms with Crippen LogP contribution in [0, 0.1) is 12.8 Å². The number of fused-ring (bicyclic) bond motifs is 1. The number of nitrogens with zero attached hydrogens (tertiary/aromatic N) is 4. The van der Waals surface area contributed by atoms with Gasteiger partial charge in [0.15, 0.2) is 5.62 Å². The Morgan fingerprint density at radius 3 is 2.44 bits per heavy atom. The predicted octanol–water partition coefficient (Wildman–Crippen LogP) is 4.36. The standard InChI is InChI=1S/C27H29N5O4S.C3H9N.C2H6/c1-18-13-20(22-5-3-4-6-24(22)29-18)15-36-21-9-7-19(8-10-21)26(35)30-25-11-12-32(16-33)14-23(25)27(31-28-2)37-17-34;1-4(2)3;1-2/h3-10,13,16-17,23,25,28H,11-12,14-15H2,1-2H3,(H,30,35);1-3H3;1-2H3/b31-27-;;. The number of amides is 2. The Morgan fingerprint density at radius 2 is 1.81 bits per heavy atom. The van der Waals surface area contributed by atoms with Gasteiger partial charge in [-0.3, -0.25) is 19.4 Å². The zero-order valence-corrected chi connectivity index (χ0v) is 27.0. The summed E-state index contributed by atoms with van der Waals surface area (Å²) in [5, 5.41) is 8.84. The number of hydrogen-bond donors (Lipinski definition) is 2. The average Bonchev–Trinajstić information content (AvgIpc) is 3.01. The smallest absolute Gasteiger partial charge is 0.251 e. The third kappa shape index (κ3) is 11.0. The van der Waals surface area contributed by atoms with Crippen LogP contribution >= 0.6 is 11.8 Å². The molecule has 11 heteroatoms. The Balaban J connectivity index is 0.000000993. The second-order valence-electron chi connectivity index (χ2n) is 10.1. The number of nitrogens with one attached hydrogen (secondary N) is 2. The summed E-state index contributed by atoms with van der Waals surface area (Å²) >= 11 is 0.946. The topological polar surface area (TPSA) is 116 Å². The molecule has 2 N–H and O–H groups in total. The highest BCUT2D eigenvalue weighted by molar-refractivity contribution is 8.24. The van der Waals surface area contributed by atoms with Crippen LogP contribution in [0.25, 0.3) is 10.9 Å². The highest BCUT2D eigenvalue weighted by Crippen LogP contribution is 2.24. The van der Waals surface area contributed by atoms with Crippen LogP contribution in [0.5, 0.6) is 5.75 Å². The minimum Gasteiger partial charge on any atom is -0.489 e. The van der Waals surface area contributed by atoms with Gasteiger partial charge in [0.05, 0.1) is 5.52 Å². The molecular formula is C32H44N6O4S. The van der Waals surface area contributed by atoms with Crippen molar-refractivity contribution in [3.63, 3.8) is 0 Å². The fourth-order valence-electron chi connectivity index (χ4n) is 4.48. The number of ether oxygens (including phenoxy) is 1. The first-order valence-corrected chi connectivity index (χ1v) is 15.2. The molecule has 10 nitrogen and oxygen atoms in total. The third-order valence-corrected chi connectivity index (χ3v) is 6.99. The normalized spacial score (nSPS) is 16.3. The number of hydrazone groups is 1. The summed E-state index contributed by atoms with van der Waals surface area (Å²) in [6.07, 6.45) is 1.33. The molecule has 1 saturated heterocycles. The van der Waals surface area contributed by atoms with Crippen LogP contribution in [0.2, 0.25) is 0 Å². The quantitative estimate of drug-likeness (QED) is 0.159. The van der Waals surface area contributed by atoms with Crippen molar-refractivity contribution >= 4 is 45.6 Å². The van der Waals surface area contributed by atoms with Gasteiger partial charge in [-0.25, -0.2) is 0 Å². The fraction of sp³-hybridized carbons (Fsp3) is 0.406. The van der Waals surface area contributed by atoms with Crippen molar-refractivity contribution in [3.8, 4) is 5.75 Å². The monoisotopic (exact) mass is 608 g/mol. The van der Waals surface area contributed by atoms with Gasteiger partial charge in [-0.1, -0.05) is 32.0 Å². The molecule has 232 valence electrons. The van der Waals surface area contributed by atoms with Crippen molar-refractivity contribution in [1.29, 1.82) is 0 Å². The molecule has 1 aromatic heterocycles. The molecule has 2 aromatic carbocycles. The van der Waals surface area contributed by atoms with Crippen molar-refractivity contribution < 1.29 is 19.1 Å². The Labute approximate surface area is 259 Å². The Bertz CT molecular complexity index is 1350. The number of thioether (sulfide) groups is 1. The highest BCUT2D eigenvalue weighted by Gasteiger charge is 2.34. The summed E-state index contributed by atoms with van der Waals surface area (Å²) in [5.74, 6) is 0.113. The molecule has 2 heterocycles.